The molecule has 3 heterocycles. The standard InChI is InChI=1S/C27H20Br2N6O3/c28-18-11-9-16(10-12-18)21-14-22(17-5-2-1-3-6-17)35(31-21)23(36)15-33-25-24(30-32-33)26(37)34(27(25)38)20-8-4-7-19(29)13-20/h1-13,22,24-25H,14-15H2/t22-,24-,25-/m0/s1. The van der Waals surface area contributed by atoms with Gasteiger partial charge >= 0.3 is 0 Å². The normalized spacial score (nSPS) is 22.3. The number of imide groups is 1. The second-order valence-corrected chi connectivity index (χ2v) is 10.9. The molecule has 1 saturated heterocycles. The summed E-state index contributed by atoms with van der Waals surface area (Å²) < 4.78 is 1.69. The Morgan fingerprint density at radius 2 is 1.66 bits per heavy atom. The number of carbonyl (C=O) groups is 3. The Morgan fingerprint density at radius 1 is 0.895 bits per heavy atom. The predicted molar refractivity (Wildman–Crippen MR) is 147 cm³/mol. The monoisotopic (exact) mass is 634 g/mol. The molecule has 9 nitrogen and oxygen atoms in total. The fourth-order valence-electron chi connectivity index (χ4n) is 4.93. The number of benzene rings is 3. The Bertz CT molecular complexity index is 1490. The van der Waals surface area contributed by atoms with Gasteiger partial charge in [0.2, 0.25) is 0 Å². The van der Waals surface area contributed by atoms with E-state index in [4.69, 9.17) is 5.10 Å². The summed E-state index contributed by atoms with van der Waals surface area (Å²) in [7, 11) is 0. The molecule has 38 heavy (non-hydrogen) atoms. The van der Waals surface area contributed by atoms with Crippen molar-refractivity contribution in [2.75, 3.05) is 11.4 Å². The first-order chi connectivity index (χ1) is 18.4. The maximum Gasteiger partial charge on any atom is 0.264 e. The van der Waals surface area contributed by atoms with Crippen LogP contribution in [0.25, 0.3) is 0 Å². The highest BCUT2D eigenvalue weighted by Crippen LogP contribution is 2.35. The summed E-state index contributed by atoms with van der Waals surface area (Å²) >= 11 is 6.83. The van der Waals surface area contributed by atoms with Crippen LogP contribution in [0.4, 0.5) is 5.69 Å². The van der Waals surface area contributed by atoms with E-state index >= 15 is 0 Å². The summed E-state index contributed by atoms with van der Waals surface area (Å²) in [5, 5.41) is 15.6. The molecule has 0 bridgehead atoms. The van der Waals surface area contributed by atoms with Gasteiger partial charge in [0.05, 0.1) is 17.4 Å². The van der Waals surface area contributed by atoms with Crippen LogP contribution in [0.3, 0.4) is 0 Å². The van der Waals surface area contributed by atoms with Gasteiger partial charge in [-0.2, -0.15) is 10.2 Å². The second-order valence-electron chi connectivity index (χ2n) is 9.11. The van der Waals surface area contributed by atoms with Crippen molar-refractivity contribution in [2.24, 2.45) is 15.4 Å². The topological polar surface area (TPSA) is 98.0 Å². The van der Waals surface area contributed by atoms with Crippen molar-refractivity contribution in [3.63, 3.8) is 0 Å². The van der Waals surface area contributed by atoms with Crippen LogP contribution in [0, 0.1) is 0 Å². The molecular weight excluding hydrogens is 616 g/mol. The average molecular weight is 636 g/mol. The first-order valence-corrected chi connectivity index (χ1v) is 13.5. The summed E-state index contributed by atoms with van der Waals surface area (Å²) in [5.74, 6) is -1.27. The third kappa shape index (κ3) is 4.35. The van der Waals surface area contributed by atoms with Crippen molar-refractivity contribution >= 4 is 61.0 Å². The third-order valence-corrected chi connectivity index (χ3v) is 7.77. The Hall–Kier alpha value is -3.70. The predicted octanol–water partition coefficient (Wildman–Crippen LogP) is 4.88. The number of hydrogen-bond acceptors (Lipinski definition) is 7. The number of anilines is 1. The molecule has 3 aromatic rings. The Labute approximate surface area is 235 Å². The number of fused-ring (bicyclic) bond motifs is 1. The number of amides is 3. The first-order valence-electron chi connectivity index (χ1n) is 11.9. The van der Waals surface area contributed by atoms with E-state index in [0.29, 0.717) is 12.1 Å². The number of halogens is 2. The zero-order valence-corrected chi connectivity index (χ0v) is 23.0. The molecule has 3 aliphatic rings. The number of carbonyl (C=O) groups excluding carboxylic acids is 3. The lowest BCUT2D eigenvalue weighted by atomic mass is 9.98. The molecule has 3 atom stereocenters. The zero-order valence-electron chi connectivity index (χ0n) is 19.8. The van der Waals surface area contributed by atoms with Gasteiger partial charge < -0.3 is 0 Å². The van der Waals surface area contributed by atoms with Crippen LogP contribution in [0.2, 0.25) is 0 Å². The summed E-state index contributed by atoms with van der Waals surface area (Å²) in [6.07, 6.45) is 0.541. The van der Waals surface area contributed by atoms with E-state index in [1.807, 2.05) is 60.7 Å². The minimum absolute atomic E-state index is 0.240. The third-order valence-electron chi connectivity index (χ3n) is 6.75. The van der Waals surface area contributed by atoms with E-state index in [-0.39, 0.29) is 18.5 Å². The van der Waals surface area contributed by atoms with Crippen LogP contribution in [0.5, 0.6) is 0 Å². The van der Waals surface area contributed by atoms with Crippen molar-refractivity contribution in [3.8, 4) is 0 Å². The molecule has 3 aliphatic heterocycles. The summed E-state index contributed by atoms with van der Waals surface area (Å²) in [6.45, 7) is -0.240. The number of nitrogens with zero attached hydrogens (tertiary/aromatic N) is 6. The van der Waals surface area contributed by atoms with Gasteiger partial charge in [-0.15, -0.1) is 0 Å². The average Bonchev–Trinajstić information content (AvgIpc) is 3.60. The molecular formula is C27H20Br2N6O3. The number of rotatable bonds is 5. The molecule has 190 valence electrons. The van der Waals surface area contributed by atoms with E-state index in [1.54, 1.807) is 18.2 Å². The van der Waals surface area contributed by atoms with Gasteiger partial charge in [-0.3, -0.25) is 19.4 Å². The molecule has 3 aromatic carbocycles. The van der Waals surface area contributed by atoms with E-state index in [9.17, 15) is 14.4 Å². The summed E-state index contributed by atoms with van der Waals surface area (Å²) in [5.41, 5.74) is 3.10. The van der Waals surface area contributed by atoms with Gasteiger partial charge in [0, 0.05) is 15.4 Å². The Balaban J connectivity index is 1.26. The fraction of sp³-hybridized carbons (Fsp3) is 0.185. The summed E-state index contributed by atoms with van der Waals surface area (Å²) in [4.78, 5) is 41.1. The van der Waals surface area contributed by atoms with Crippen molar-refractivity contribution in [1.82, 2.24) is 10.0 Å². The minimum Gasteiger partial charge on any atom is -0.271 e. The van der Waals surface area contributed by atoms with Crippen LogP contribution in [-0.2, 0) is 14.4 Å². The second kappa shape index (κ2) is 9.88. The lowest BCUT2D eigenvalue weighted by molar-refractivity contribution is -0.135. The quantitative estimate of drug-likeness (QED) is 0.373. The van der Waals surface area contributed by atoms with Crippen LogP contribution < -0.4 is 4.90 Å². The number of hydrogen-bond donors (Lipinski definition) is 0. The molecule has 0 radical (unpaired) electrons. The highest BCUT2D eigenvalue weighted by molar-refractivity contribution is 9.10. The maximum atomic E-state index is 13.6. The van der Waals surface area contributed by atoms with E-state index in [2.05, 4.69) is 42.2 Å². The van der Waals surface area contributed by atoms with Gasteiger partial charge in [0.25, 0.3) is 17.7 Å². The van der Waals surface area contributed by atoms with Crippen molar-refractivity contribution in [2.45, 2.75) is 24.5 Å². The molecule has 0 aliphatic carbocycles. The molecule has 0 aromatic heterocycles. The van der Waals surface area contributed by atoms with Crippen molar-refractivity contribution in [3.05, 3.63) is 98.9 Å². The van der Waals surface area contributed by atoms with Gasteiger partial charge in [-0.1, -0.05) is 85.6 Å². The molecule has 0 unspecified atom stereocenters. The molecule has 0 spiro atoms. The molecule has 11 heteroatoms. The molecule has 0 saturated carbocycles. The largest absolute Gasteiger partial charge is 0.271 e. The molecule has 0 N–H and O–H groups in total. The highest BCUT2D eigenvalue weighted by Gasteiger charge is 2.55. The van der Waals surface area contributed by atoms with E-state index in [0.717, 1.165) is 30.7 Å². The Kier molecular flexibility index (Phi) is 6.40. The zero-order chi connectivity index (χ0) is 26.4. The SMILES string of the molecule is O=C1[C@H]2N=NN(CC(=O)N3N=C(c4ccc(Br)cc4)C[C@H]3c3ccccc3)[C@@H]2C(=O)N1c1cccc(Br)c1. The smallest absolute Gasteiger partial charge is 0.264 e. The van der Waals surface area contributed by atoms with Crippen LogP contribution in [0.15, 0.2) is 103 Å². The van der Waals surface area contributed by atoms with E-state index in [1.165, 1.54) is 10.0 Å². The minimum atomic E-state index is -0.986. The Morgan fingerprint density at radius 3 is 2.39 bits per heavy atom. The first kappa shape index (κ1) is 24.6. The maximum absolute atomic E-state index is 13.6. The summed E-state index contributed by atoms with van der Waals surface area (Å²) in [6, 6.07) is 22.1. The fourth-order valence-corrected chi connectivity index (χ4v) is 5.58. The van der Waals surface area contributed by atoms with E-state index < -0.39 is 23.9 Å². The lowest BCUT2D eigenvalue weighted by Gasteiger charge is -2.25. The lowest BCUT2D eigenvalue weighted by Crippen LogP contribution is -2.44. The van der Waals surface area contributed by atoms with Crippen LogP contribution in [-0.4, -0.2) is 52.1 Å². The van der Waals surface area contributed by atoms with Gasteiger partial charge in [0.1, 0.15) is 6.54 Å². The van der Waals surface area contributed by atoms with Gasteiger partial charge in [-0.05, 0) is 41.5 Å². The molecule has 6 rings (SSSR count). The van der Waals surface area contributed by atoms with Crippen molar-refractivity contribution < 1.29 is 14.4 Å². The van der Waals surface area contributed by atoms with Gasteiger partial charge in [-0.25, -0.2) is 9.91 Å². The van der Waals surface area contributed by atoms with Crippen molar-refractivity contribution in [1.29, 1.82) is 0 Å². The van der Waals surface area contributed by atoms with Crippen LogP contribution >= 0.6 is 31.9 Å². The molecule has 3 amide bonds. The highest BCUT2D eigenvalue weighted by atomic mass is 79.9. The number of hydrazone groups is 1. The van der Waals surface area contributed by atoms with Gasteiger partial charge in [0.15, 0.2) is 12.1 Å². The molecule has 1 fully saturated rings. The van der Waals surface area contributed by atoms with Crippen LogP contribution in [0.1, 0.15) is 23.6 Å².